The Morgan fingerprint density at radius 2 is 1.02 bits per heavy atom. The van der Waals surface area contributed by atoms with Crippen LogP contribution in [0.4, 0.5) is 26.3 Å². The summed E-state index contributed by atoms with van der Waals surface area (Å²) in [4.78, 5) is 46.1. The highest BCUT2D eigenvalue weighted by Crippen LogP contribution is 2.37. The van der Waals surface area contributed by atoms with Crippen molar-refractivity contribution in [1.29, 1.82) is 10.5 Å². The van der Waals surface area contributed by atoms with Gasteiger partial charge < -0.3 is 20.1 Å². The van der Waals surface area contributed by atoms with Gasteiger partial charge in [-0.3, -0.25) is 29.4 Å². The number of aromatic nitrogens is 4. The van der Waals surface area contributed by atoms with Crippen molar-refractivity contribution < 1.29 is 45.4 Å². The molecule has 2 N–H and O–H groups in total. The van der Waals surface area contributed by atoms with Crippen molar-refractivity contribution in [1.82, 2.24) is 40.4 Å². The van der Waals surface area contributed by atoms with E-state index in [0.29, 0.717) is 26.2 Å². The number of alkyl halides is 6. The second-order valence-corrected chi connectivity index (χ2v) is 17.6. The molecule has 2 aliphatic rings. The number of amides is 2. The number of nitriles is 2. The van der Waals surface area contributed by atoms with Crippen LogP contribution in [0.2, 0.25) is 0 Å². The molecule has 4 atom stereocenters. The highest BCUT2D eigenvalue weighted by Gasteiger charge is 2.42. The molecule has 0 aromatic carbocycles. The zero-order valence-electron chi connectivity index (χ0n) is 37.4. The molecule has 2 amide bonds. The molecule has 2 aliphatic heterocycles. The lowest BCUT2D eigenvalue weighted by atomic mass is 9.90. The molecular weight excluding hydrogens is 871 g/mol. The minimum absolute atomic E-state index is 0.0697. The van der Waals surface area contributed by atoms with Crippen LogP contribution in [0.1, 0.15) is 73.2 Å². The third-order valence-corrected chi connectivity index (χ3v) is 11.3. The van der Waals surface area contributed by atoms with Gasteiger partial charge in [-0.25, -0.2) is 9.97 Å². The number of aryl methyl sites for hydroxylation is 2. The van der Waals surface area contributed by atoms with Crippen LogP contribution in [-0.4, -0.2) is 106 Å². The van der Waals surface area contributed by atoms with Gasteiger partial charge in [-0.2, -0.15) is 36.9 Å². The molecule has 14 nitrogen and oxygen atoms in total. The Morgan fingerprint density at radius 1 is 0.636 bits per heavy atom. The molecule has 20 heteroatoms. The quantitative estimate of drug-likeness (QED) is 0.102. The number of carbonyl (C=O) groups is 2. The van der Waals surface area contributed by atoms with Crippen LogP contribution in [0.15, 0.2) is 73.3 Å². The summed E-state index contributed by atoms with van der Waals surface area (Å²) in [5.74, 6) is -1.98. The van der Waals surface area contributed by atoms with Gasteiger partial charge in [0.1, 0.15) is 24.3 Å². The van der Waals surface area contributed by atoms with Crippen LogP contribution in [0.3, 0.4) is 0 Å². The molecule has 66 heavy (non-hydrogen) atoms. The molecule has 6 rings (SSSR count). The van der Waals surface area contributed by atoms with E-state index in [-0.39, 0.29) is 62.0 Å². The van der Waals surface area contributed by atoms with E-state index in [1.165, 1.54) is 24.5 Å². The van der Waals surface area contributed by atoms with Crippen molar-refractivity contribution >= 4 is 11.8 Å². The predicted molar refractivity (Wildman–Crippen MR) is 228 cm³/mol. The SMILES string of the molecule is Cc1ccc([C@@H]2CN(CC#N)C[C@H]2NC(=O)C(C)(C)COc2ncccc2C(F)(F)F)cn1.Cc1ccc([C@H]2CN(CC#N)C[C@@H]2NC(=O)C(C)(C)COc2ncccc2C(F)(F)F)cn1. The topological polar surface area (TPSA) is 182 Å². The van der Waals surface area contributed by atoms with E-state index in [1.54, 1.807) is 40.1 Å². The maximum atomic E-state index is 13.2. The van der Waals surface area contributed by atoms with Crippen LogP contribution < -0.4 is 20.1 Å². The lowest BCUT2D eigenvalue weighted by Gasteiger charge is -2.28. The molecule has 0 radical (unpaired) electrons. The number of hydrogen-bond acceptors (Lipinski definition) is 12. The summed E-state index contributed by atoms with van der Waals surface area (Å²) in [5.41, 5.74) is -0.591. The molecule has 0 aliphatic carbocycles. The standard InChI is InChI=1S/2C23H26F3N5O2/c2*1-15-6-7-16(11-29-15)17-12-31(10-8-27)13-19(17)30-21(32)22(2,3)14-33-20-18(23(24,25)26)5-4-9-28-20/h2*4-7,9,11,17,19H,10,12-14H2,1-3H3,(H,30,32)/t2*17-,19+/m10/s1. The number of hydrogen-bond donors (Lipinski definition) is 2. The molecule has 0 saturated carbocycles. The van der Waals surface area contributed by atoms with Gasteiger partial charge >= 0.3 is 12.4 Å². The second kappa shape index (κ2) is 21.3. The Balaban J connectivity index is 0.000000247. The summed E-state index contributed by atoms with van der Waals surface area (Å²) in [7, 11) is 0. The van der Waals surface area contributed by atoms with E-state index >= 15 is 0 Å². The van der Waals surface area contributed by atoms with E-state index in [2.05, 4.69) is 42.7 Å². The largest absolute Gasteiger partial charge is 0.476 e. The smallest absolute Gasteiger partial charge is 0.421 e. The van der Waals surface area contributed by atoms with Crippen molar-refractivity contribution in [2.24, 2.45) is 10.8 Å². The molecule has 0 unspecified atom stereocenters. The minimum Gasteiger partial charge on any atom is -0.476 e. The van der Waals surface area contributed by atoms with Gasteiger partial charge in [0.2, 0.25) is 23.6 Å². The fraction of sp³-hybridized carbons (Fsp3) is 0.478. The average molecular weight is 923 g/mol. The molecule has 2 fully saturated rings. The van der Waals surface area contributed by atoms with Crippen LogP contribution >= 0.6 is 0 Å². The molecule has 6 heterocycles. The molecule has 0 bridgehead atoms. The van der Waals surface area contributed by atoms with E-state index < -0.39 is 46.1 Å². The molecule has 0 spiro atoms. The highest BCUT2D eigenvalue weighted by atomic mass is 19.4. The maximum Gasteiger partial charge on any atom is 0.421 e. The first-order valence-corrected chi connectivity index (χ1v) is 21.0. The zero-order valence-corrected chi connectivity index (χ0v) is 37.4. The molecular formula is C46H52F6N10O4. The normalized spacial score (nSPS) is 19.2. The van der Waals surface area contributed by atoms with Crippen molar-refractivity contribution in [3.05, 3.63) is 107 Å². The van der Waals surface area contributed by atoms with Gasteiger partial charge in [0, 0.05) is 86.3 Å². The third kappa shape index (κ3) is 13.4. The monoisotopic (exact) mass is 922 g/mol. The molecule has 4 aromatic rings. The van der Waals surface area contributed by atoms with Crippen molar-refractivity contribution in [2.45, 2.75) is 77.8 Å². The van der Waals surface area contributed by atoms with Gasteiger partial charge in [0.15, 0.2) is 0 Å². The van der Waals surface area contributed by atoms with Crippen LogP contribution in [0.25, 0.3) is 0 Å². The first-order valence-electron chi connectivity index (χ1n) is 21.0. The molecule has 2 saturated heterocycles. The van der Waals surface area contributed by atoms with Gasteiger partial charge in [-0.15, -0.1) is 0 Å². The van der Waals surface area contributed by atoms with Crippen LogP contribution in [0, 0.1) is 47.3 Å². The zero-order chi connectivity index (χ0) is 48.5. The number of nitrogens with one attached hydrogen (secondary N) is 2. The van der Waals surface area contributed by atoms with E-state index in [1.807, 2.05) is 47.9 Å². The summed E-state index contributed by atoms with van der Waals surface area (Å²) in [6.45, 7) is 12.2. The molecule has 352 valence electrons. The van der Waals surface area contributed by atoms with E-state index in [4.69, 9.17) is 20.0 Å². The van der Waals surface area contributed by atoms with E-state index in [9.17, 15) is 35.9 Å². The minimum atomic E-state index is -4.61. The number of rotatable bonds is 14. The summed E-state index contributed by atoms with van der Waals surface area (Å²) in [5, 5.41) is 24.2. The number of carbonyl (C=O) groups excluding carboxylic acids is 2. The second-order valence-electron chi connectivity index (χ2n) is 17.6. The van der Waals surface area contributed by atoms with E-state index in [0.717, 1.165) is 34.6 Å². The predicted octanol–water partition coefficient (Wildman–Crippen LogP) is 6.63. The van der Waals surface area contributed by atoms with Gasteiger partial charge in [-0.05, 0) is 89.1 Å². The summed E-state index contributed by atoms with van der Waals surface area (Å²) < 4.78 is 89.9. The highest BCUT2D eigenvalue weighted by molar-refractivity contribution is 5.83. The summed E-state index contributed by atoms with van der Waals surface area (Å²) in [6.07, 6.45) is -3.27. The Morgan fingerprint density at radius 3 is 1.33 bits per heavy atom. The average Bonchev–Trinajstić information content (AvgIpc) is 3.85. The Hall–Kier alpha value is -6.38. The van der Waals surface area contributed by atoms with Crippen molar-refractivity contribution in [3.8, 4) is 23.9 Å². The number of halogens is 6. The first kappa shape index (κ1) is 50.6. The van der Waals surface area contributed by atoms with Gasteiger partial charge in [0.25, 0.3) is 0 Å². The summed E-state index contributed by atoms with van der Waals surface area (Å²) >= 11 is 0. The van der Waals surface area contributed by atoms with Crippen molar-refractivity contribution in [2.75, 3.05) is 52.5 Å². The maximum absolute atomic E-state index is 13.2. The Kier molecular flexibility index (Phi) is 16.3. The Labute approximate surface area is 379 Å². The molecule has 4 aromatic heterocycles. The van der Waals surface area contributed by atoms with Gasteiger partial charge in [-0.1, -0.05) is 12.1 Å². The fourth-order valence-corrected chi connectivity index (χ4v) is 7.39. The lowest BCUT2D eigenvalue weighted by Crippen LogP contribution is -2.48. The lowest BCUT2D eigenvalue weighted by molar-refractivity contribution is -0.141. The number of ether oxygens (including phenoxy) is 2. The third-order valence-electron chi connectivity index (χ3n) is 11.3. The van der Waals surface area contributed by atoms with Crippen molar-refractivity contribution in [3.63, 3.8) is 0 Å². The summed E-state index contributed by atoms with van der Waals surface area (Å²) in [6, 6.07) is 15.5. The Bertz CT molecular complexity index is 2200. The number of likely N-dealkylation sites (tertiary alicyclic amines) is 2. The number of pyridine rings is 4. The van der Waals surface area contributed by atoms with Crippen LogP contribution in [-0.2, 0) is 21.9 Å². The van der Waals surface area contributed by atoms with Gasteiger partial charge in [0.05, 0.1) is 36.1 Å². The fourth-order valence-electron chi connectivity index (χ4n) is 7.39. The number of nitrogens with zero attached hydrogens (tertiary/aromatic N) is 8. The first-order chi connectivity index (χ1) is 31.0. The van der Waals surface area contributed by atoms with Crippen LogP contribution in [0.5, 0.6) is 11.8 Å².